The Hall–Kier alpha value is -2.63. The van der Waals surface area contributed by atoms with Crippen molar-refractivity contribution in [3.8, 4) is 0 Å². The molecule has 1 aromatic carbocycles. The Bertz CT molecular complexity index is 756. The second-order valence-electron chi connectivity index (χ2n) is 6.86. The van der Waals surface area contributed by atoms with Crippen LogP contribution in [0.4, 0.5) is 0 Å². The molecule has 2 heterocycles. The minimum Gasteiger partial charge on any atom is -0.460 e. The van der Waals surface area contributed by atoms with E-state index in [0.29, 0.717) is 18.7 Å². The molecule has 0 spiro atoms. The monoisotopic (exact) mass is 341 g/mol. The lowest BCUT2D eigenvalue weighted by Crippen LogP contribution is -2.49. The van der Waals surface area contributed by atoms with Crippen molar-refractivity contribution >= 4 is 11.9 Å². The lowest BCUT2D eigenvalue weighted by Gasteiger charge is -2.38. The van der Waals surface area contributed by atoms with Crippen molar-refractivity contribution < 1.29 is 14.3 Å². The normalized spacial score (nSPS) is 20.3. The molecule has 0 N–H and O–H groups in total. The molecule has 0 unspecified atom stereocenters. The number of rotatable bonds is 4. The molecule has 25 heavy (non-hydrogen) atoms. The molecular weight excluding hydrogens is 318 g/mol. The quantitative estimate of drug-likeness (QED) is 0.801. The number of piperidine rings is 1. The van der Waals surface area contributed by atoms with Crippen LogP contribution >= 0.6 is 0 Å². The Morgan fingerprint density at radius 2 is 2.04 bits per heavy atom. The first-order valence-electron chi connectivity index (χ1n) is 8.47. The highest BCUT2D eigenvalue weighted by molar-refractivity contribution is 5.94. The number of likely N-dealkylation sites (tertiary alicyclic amines) is 1. The number of benzene rings is 1. The highest BCUT2D eigenvalue weighted by Crippen LogP contribution is 2.32. The summed E-state index contributed by atoms with van der Waals surface area (Å²) in [5.41, 5.74) is 0.827. The standard InChI is InChI=1S/C19H23N3O3/c1-19(18(24)25-13-15-11-20-21(2)12-15)9-6-10-22(14-19)17(23)16-7-4-3-5-8-16/h3-5,7-8,11-12H,6,9-10,13-14H2,1-2H3/t19-/m0/s1. The average molecular weight is 341 g/mol. The summed E-state index contributed by atoms with van der Waals surface area (Å²) in [5, 5.41) is 4.07. The first-order valence-corrected chi connectivity index (χ1v) is 8.47. The van der Waals surface area contributed by atoms with E-state index in [4.69, 9.17) is 4.74 Å². The van der Waals surface area contributed by atoms with Crippen molar-refractivity contribution in [1.82, 2.24) is 14.7 Å². The van der Waals surface area contributed by atoms with Crippen LogP contribution in [0.5, 0.6) is 0 Å². The van der Waals surface area contributed by atoms with Crippen LogP contribution in [0, 0.1) is 5.41 Å². The van der Waals surface area contributed by atoms with Crippen LogP contribution in [0.3, 0.4) is 0 Å². The number of amides is 1. The molecule has 1 fully saturated rings. The minimum atomic E-state index is -0.676. The Kier molecular flexibility index (Phi) is 4.88. The number of nitrogens with zero attached hydrogens (tertiary/aromatic N) is 3. The van der Waals surface area contributed by atoms with E-state index < -0.39 is 5.41 Å². The summed E-state index contributed by atoms with van der Waals surface area (Å²) >= 11 is 0. The van der Waals surface area contributed by atoms with E-state index in [-0.39, 0.29) is 18.5 Å². The molecule has 0 radical (unpaired) electrons. The first kappa shape index (κ1) is 17.2. The van der Waals surface area contributed by atoms with E-state index in [9.17, 15) is 9.59 Å². The third-order valence-electron chi connectivity index (χ3n) is 4.63. The summed E-state index contributed by atoms with van der Waals surface area (Å²) in [7, 11) is 1.82. The molecule has 132 valence electrons. The number of carbonyl (C=O) groups excluding carboxylic acids is 2. The Morgan fingerprint density at radius 1 is 1.28 bits per heavy atom. The SMILES string of the molecule is Cn1cc(COC(=O)[C@@]2(C)CCCN(C(=O)c3ccccc3)C2)cn1. The maximum absolute atomic E-state index is 12.7. The zero-order valence-corrected chi connectivity index (χ0v) is 14.6. The molecule has 1 aliphatic rings. The van der Waals surface area contributed by atoms with E-state index >= 15 is 0 Å². The zero-order chi connectivity index (χ0) is 17.9. The molecule has 1 aliphatic heterocycles. The van der Waals surface area contributed by atoms with Crippen molar-refractivity contribution in [2.24, 2.45) is 12.5 Å². The number of carbonyl (C=O) groups is 2. The smallest absolute Gasteiger partial charge is 0.313 e. The number of hydrogen-bond acceptors (Lipinski definition) is 4. The van der Waals surface area contributed by atoms with Gasteiger partial charge >= 0.3 is 5.97 Å². The van der Waals surface area contributed by atoms with Crippen LogP contribution in [-0.4, -0.2) is 39.6 Å². The van der Waals surface area contributed by atoms with Gasteiger partial charge < -0.3 is 9.64 Å². The van der Waals surface area contributed by atoms with Gasteiger partial charge in [0.05, 0.1) is 11.6 Å². The number of ether oxygens (including phenoxy) is 1. The second-order valence-corrected chi connectivity index (χ2v) is 6.86. The van der Waals surface area contributed by atoms with Gasteiger partial charge in [0, 0.05) is 37.5 Å². The third-order valence-corrected chi connectivity index (χ3v) is 4.63. The highest BCUT2D eigenvalue weighted by atomic mass is 16.5. The Labute approximate surface area is 147 Å². The third kappa shape index (κ3) is 3.90. The molecule has 1 saturated heterocycles. The van der Waals surface area contributed by atoms with Gasteiger partial charge in [-0.3, -0.25) is 14.3 Å². The molecule has 6 nitrogen and oxygen atoms in total. The van der Waals surface area contributed by atoms with Crippen LogP contribution < -0.4 is 0 Å². The molecule has 0 aliphatic carbocycles. The van der Waals surface area contributed by atoms with Crippen molar-refractivity contribution in [1.29, 1.82) is 0 Å². The van der Waals surface area contributed by atoms with Gasteiger partial charge in [-0.15, -0.1) is 0 Å². The van der Waals surface area contributed by atoms with Gasteiger partial charge in [0.15, 0.2) is 0 Å². The largest absolute Gasteiger partial charge is 0.460 e. The van der Waals surface area contributed by atoms with Crippen molar-refractivity contribution in [2.45, 2.75) is 26.4 Å². The fourth-order valence-electron chi connectivity index (χ4n) is 3.21. The zero-order valence-electron chi connectivity index (χ0n) is 14.6. The summed E-state index contributed by atoms with van der Waals surface area (Å²) in [5.74, 6) is -0.298. The van der Waals surface area contributed by atoms with Crippen molar-refractivity contribution in [3.05, 3.63) is 53.9 Å². The van der Waals surface area contributed by atoms with Crippen molar-refractivity contribution in [2.75, 3.05) is 13.1 Å². The van der Waals surface area contributed by atoms with E-state index in [2.05, 4.69) is 5.10 Å². The van der Waals surface area contributed by atoms with Gasteiger partial charge in [0.2, 0.25) is 0 Å². The predicted octanol–water partition coefficient (Wildman–Crippen LogP) is 2.41. The van der Waals surface area contributed by atoms with Gasteiger partial charge in [-0.05, 0) is 31.9 Å². The molecule has 1 amide bonds. The Morgan fingerprint density at radius 3 is 2.72 bits per heavy atom. The van der Waals surface area contributed by atoms with Gasteiger partial charge in [-0.2, -0.15) is 5.10 Å². The fourth-order valence-corrected chi connectivity index (χ4v) is 3.21. The lowest BCUT2D eigenvalue weighted by molar-refractivity contribution is -0.159. The molecule has 1 aromatic heterocycles. The van der Waals surface area contributed by atoms with E-state index in [0.717, 1.165) is 18.4 Å². The minimum absolute atomic E-state index is 0.0356. The molecular formula is C19H23N3O3. The average Bonchev–Trinajstić information content (AvgIpc) is 3.05. The van der Waals surface area contributed by atoms with Crippen LogP contribution in [0.1, 0.15) is 35.7 Å². The summed E-state index contributed by atoms with van der Waals surface area (Å²) in [6.45, 7) is 3.13. The molecule has 6 heteroatoms. The molecule has 0 saturated carbocycles. The van der Waals surface area contributed by atoms with E-state index in [1.54, 1.807) is 27.9 Å². The molecule has 2 aromatic rings. The van der Waals surface area contributed by atoms with Gasteiger partial charge in [-0.1, -0.05) is 18.2 Å². The molecule has 0 bridgehead atoms. The highest BCUT2D eigenvalue weighted by Gasteiger charge is 2.40. The number of hydrogen-bond donors (Lipinski definition) is 0. The Balaban J connectivity index is 1.64. The topological polar surface area (TPSA) is 64.4 Å². The van der Waals surface area contributed by atoms with Crippen LogP contribution in [-0.2, 0) is 23.2 Å². The number of esters is 1. The molecule has 1 atom stereocenters. The number of aryl methyl sites for hydroxylation is 1. The summed E-state index contributed by atoms with van der Waals surface area (Å²) in [4.78, 5) is 27.0. The first-order chi connectivity index (χ1) is 12.0. The lowest BCUT2D eigenvalue weighted by atomic mass is 9.81. The maximum Gasteiger partial charge on any atom is 0.313 e. The van der Waals surface area contributed by atoms with Gasteiger partial charge in [0.1, 0.15) is 6.61 Å². The van der Waals surface area contributed by atoms with Crippen LogP contribution in [0.25, 0.3) is 0 Å². The van der Waals surface area contributed by atoms with E-state index in [1.807, 2.05) is 38.4 Å². The fraction of sp³-hybridized carbons (Fsp3) is 0.421. The van der Waals surface area contributed by atoms with Gasteiger partial charge in [-0.25, -0.2) is 0 Å². The summed E-state index contributed by atoms with van der Waals surface area (Å²) in [6, 6.07) is 9.17. The van der Waals surface area contributed by atoms with Gasteiger partial charge in [0.25, 0.3) is 5.91 Å². The van der Waals surface area contributed by atoms with Crippen LogP contribution in [0.15, 0.2) is 42.7 Å². The van der Waals surface area contributed by atoms with E-state index in [1.165, 1.54) is 0 Å². The summed E-state index contributed by atoms with van der Waals surface area (Å²) in [6.07, 6.45) is 5.01. The summed E-state index contributed by atoms with van der Waals surface area (Å²) < 4.78 is 7.16. The predicted molar refractivity (Wildman–Crippen MR) is 92.7 cm³/mol. The maximum atomic E-state index is 12.7. The van der Waals surface area contributed by atoms with Crippen LogP contribution in [0.2, 0.25) is 0 Å². The number of aromatic nitrogens is 2. The second kappa shape index (κ2) is 7.09. The van der Waals surface area contributed by atoms with Crippen molar-refractivity contribution in [3.63, 3.8) is 0 Å². The molecule has 3 rings (SSSR count).